The van der Waals surface area contributed by atoms with Crippen molar-refractivity contribution in [2.75, 3.05) is 6.61 Å². The molecular weight excluding hydrogens is 246 g/mol. The van der Waals surface area contributed by atoms with E-state index in [1.165, 1.54) is 0 Å². The number of esters is 2. The molecule has 0 saturated carbocycles. The highest BCUT2D eigenvalue weighted by Crippen LogP contribution is 2.15. The maximum absolute atomic E-state index is 11.9. The van der Waals surface area contributed by atoms with Crippen LogP contribution in [0.3, 0.4) is 0 Å². The molecule has 0 spiro atoms. The van der Waals surface area contributed by atoms with E-state index in [-0.39, 0.29) is 6.61 Å². The van der Waals surface area contributed by atoms with Gasteiger partial charge in [-0.2, -0.15) is 0 Å². The summed E-state index contributed by atoms with van der Waals surface area (Å²) in [6.45, 7) is 4.10. The normalized spacial score (nSPS) is 11.7. The van der Waals surface area contributed by atoms with Crippen molar-refractivity contribution >= 4 is 11.9 Å². The molecule has 0 fully saturated rings. The SMILES string of the molecule is CCOC(=O)C(CC)C(=O)Oc1ccc(CN)cc1. The summed E-state index contributed by atoms with van der Waals surface area (Å²) in [4.78, 5) is 23.4. The van der Waals surface area contributed by atoms with Crippen LogP contribution in [0.4, 0.5) is 0 Å². The lowest BCUT2D eigenvalue weighted by Crippen LogP contribution is -2.29. The predicted molar refractivity (Wildman–Crippen MR) is 70.4 cm³/mol. The minimum absolute atomic E-state index is 0.244. The first-order valence-corrected chi connectivity index (χ1v) is 6.29. The number of benzene rings is 1. The van der Waals surface area contributed by atoms with Gasteiger partial charge in [-0.1, -0.05) is 19.1 Å². The standard InChI is InChI=1S/C14H19NO4/c1-3-12(13(16)18-4-2)14(17)19-11-7-5-10(9-15)6-8-11/h5-8,12H,3-4,9,15H2,1-2H3. The minimum Gasteiger partial charge on any atom is -0.465 e. The summed E-state index contributed by atoms with van der Waals surface area (Å²) in [5, 5.41) is 0. The van der Waals surface area contributed by atoms with Crippen molar-refractivity contribution in [1.29, 1.82) is 0 Å². The highest BCUT2D eigenvalue weighted by Gasteiger charge is 2.28. The lowest BCUT2D eigenvalue weighted by Gasteiger charge is -2.12. The van der Waals surface area contributed by atoms with Crippen LogP contribution in [0.25, 0.3) is 0 Å². The van der Waals surface area contributed by atoms with E-state index in [4.69, 9.17) is 15.2 Å². The molecular formula is C14H19NO4. The largest absolute Gasteiger partial charge is 0.465 e. The summed E-state index contributed by atoms with van der Waals surface area (Å²) in [6.07, 6.45) is 0.346. The third-order valence-corrected chi connectivity index (χ3v) is 2.64. The topological polar surface area (TPSA) is 78.6 Å². The molecule has 0 radical (unpaired) electrons. The fourth-order valence-corrected chi connectivity index (χ4v) is 1.55. The molecule has 0 aliphatic heterocycles. The fraction of sp³-hybridized carbons (Fsp3) is 0.429. The highest BCUT2D eigenvalue weighted by molar-refractivity contribution is 5.95. The Labute approximate surface area is 112 Å². The third-order valence-electron chi connectivity index (χ3n) is 2.64. The predicted octanol–water partition coefficient (Wildman–Crippen LogP) is 1.64. The number of rotatable bonds is 6. The van der Waals surface area contributed by atoms with E-state index < -0.39 is 17.9 Å². The van der Waals surface area contributed by atoms with E-state index in [2.05, 4.69) is 0 Å². The Hall–Kier alpha value is -1.88. The Balaban J connectivity index is 2.68. The smallest absolute Gasteiger partial charge is 0.325 e. The molecule has 5 nitrogen and oxygen atoms in total. The van der Waals surface area contributed by atoms with Crippen molar-refractivity contribution in [3.05, 3.63) is 29.8 Å². The number of nitrogens with two attached hydrogens (primary N) is 1. The molecule has 1 rings (SSSR count). The van der Waals surface area contributed by atoms with Gasteiger partial charge in [0.05, 0.1) is 6.61 Å². The molecule has 0 amide bonds. The third kappa shape index (κ3) is 4.37. The van der Waals surface area contributed by atoms with Gasteiger partial charge in [0.15, 0.2) is 5.92 Å². The van der Waals surface area contributed by atoms with Crippen LogP contribution in [0, 0.1) is 5.92 Å². The van der Waals surface area contributed by atoms with E-state index in [9.17, 15) is 9.59 Å². The Morgan fingerprint density at radius 1 is 1.16 bits per heavy atom. The van der Waals surface area contributed by atoms with Gasteiger partial charge in [-0.25, -0.2) is 0 Å². The van der Waals surface area contributed by atoms with Gasteiger partial charge in [-0.05, 0) is 31.0 Å². The lowest BCUT2D eigenvalue weighted by atomic mass is 10.1. The van der Waals surface area contributed by atoms with Crippen LogP contribution in [0.1, 0.15) is 25.8 Å². The van der Waals surface area contributed by atoms with Crippen molar-refractivity contribution in [1.82, 2.24) is 0 Å². The molecule has 1 aromatic rings. The van der Waals surface area contributed by atoms with Gasteiger partial charge in [0.2, 0.25) is 0 Å². The van der Waals surface area contributed by atoms with E-state index in [1.807, 2.05) is 0 Å². The van der Waals surface area contributed by atoms with E-state index in [0.717, 1.165) is 5.56 Å². The van der Waals surface area contributed by atoms with Crippen LogP contribution in [0.5, 0.6) is 5.75 Å². The molecule has 2 N–H and O–H groups in total. The van der Waals surface area contributed by atoms with Crippen LogP contribution < -0.4 is 10.5 Å². The number of carbonyl (C=O) groups is 2. The quantitative estimate of drug-likeness (QED) is 0.480. The summed E-state index contributed by atoms with van der Waals surface area (Å²) in [5.41, 5.74) is 6.42. The van der Waals surface area contributed by atoms with Gasteiger partial charge in [0.25, 0.3) is 0 Å². The first-order valence-electron chi connectivity index (χ1n) is 6.29. The van der Waals surface area contributed by atoms with Crippen molar-refractivity contribution in [2.24, 2.45) is 11.7 Å². The van der Waals surface area contributed by atoms with Gasteiger partial charge in [-0.15, -0.1) is 0 Å². The number of carbonyl (C=O) groups excluding carboxylic acids is 2. The summed E-state index contributed by atoms with van der Waals surface area (Å²) >= 11 is 0. The van der Waals surface area contributed by atoms with E-state index in [0.29, 0.717) is 18.7 Å². The van der Waals surface area contributed by atoms with Crippen LogP contribution in [-0.4, -0.2) is 18.5 Å². The van der Waals surface area contributed by atoms with Crippen molar-refractivity contribution in [3.8, 4) is 5.75 Å². The molecule has 104 valence electrons. The van der Waals surface area contributed by atoms with Gasteiger partial charge in [0, 0.05) is 6.54 Å². The summed E-state index contributed by atoms with van der Waals surface area (Å²) in [5.74, 6) is -1.63. The maximum atomic E-state index is 11.9. The van der Waals surface area contributed by atoms with Gasteiger partial charge in [0.1, 0.15) is 5.75 Å². The molecule has 0 heterocycles. The van der Waals surface area contributed by atoms with Gasteiger partial charge >= 0.3 is 11.9 Å². The second-order valence-corrected chi connectivity index (χ2v) is 3.98. The zero-order valence-electron chi connectivity index (χ0n) is 11.2. The average molecular weight is 265 g/mol. The van der Waals surface area contributed by atoms with Crippen LogP contribution in [0.15, 0.2) is 24.3 Å². The molecule has 0 aromatic heterocycles. The zero-order chi connectivity index (χ0) is 14.3. The monoisotopic (exact) mass is 265 g/mol. The second-order valence-electron chi connectivity index (χ2n) is 3.98. The first kappa shape index (κ1) is 15.2. The van der Waals surface area contributed by atoms with Crippen LogP contribution in [0.2, 0.25) is 0 Å². The molecule has 5 heteroatoms. The summed E-state index contributed by atoms with van der Waals surface area (Å²) in [7, 11) is 0. The summed E-state index contributed by atoms with van der Waals surface area (Å²) in [6, 6.07) is 6.85. The average Bonchev–Trinajstić information content (AvgIpc) is 2.40. The molecule has 0 aliphatic rings. The highest BCUT2D eigenvalue weighted by atomic mass is 16.6. The van der Waals surface area contributed by atoms with Gasteiger partial charge < -0.3 is 15.2 Å². The molecule has 0 saturated heterocycles. The van der Waals surface area contributed by atoms with Crippen LogP contribution >= 0.6 is 0 Å². The lowest BCUT2D eigenvalue weighted by molar-refractivity contribution is -0.157. The minimum atomic E-state index is -0.880. The second kappa shape index (κ2) is 7.53. The molecule has 1 aromatic carbocycles. The number of ether oxygens (including phenoxy) is 2. The van der Waals surface area contributed by atoms with E-state index >= 15 is 0 Å². The van der Waals surface area contributed by atoms with Crippen molar-refractivity contribution < 1.29 is 19.1 Å². The molecule has 19 heavy (non-hydrogen) atoms. The Morgan fingerprint density at radius 3 is 2.26 bits per heavy atom. The Kier molecular flexibility index (Phi) is 6.02. The fourth-order valence-electron chi connectivity index (χ4n) is 1.55. The van der Waals surface area contributed by atoms with Gasteiger partial charge in [-0.3, -0.25) is 9.59 Å². The van der Waals surface area contributed by atoms with Crippen molar-refractivity contribution in [3.63, 3.8) is 0 Å². The maximum Gasteiger partial charge on any atom is 0.325 e. The molecule has 1 atom stereocenters. The summed E-state index contributed by atoms with van der Waals surface area (Å²) < 4.78 is 9.99. The Morgan fingerprint density at radius 2 is 1.79 bits per heavy atom. The first-order chi connectivity index (χ1) is 9.12. The molecule has 0 aliphatic carbocycles. The number of hydrogen-bond acceptors (Lipinski definition) is 5. The zero-order valence-corrected chi connectivity index (χ0v) is 11.2. The van der Waals surface area contributed by atoms with E-state index in [1.54, 1.807) is 38.1 Å². The van der Waals surface area contributed by atoms with Crippen molar-refractivity contribution in [2.45, 2.75) is 26.8 Å². The molecule has 0 bridgehead atoms. The molecule has 1 unspecified atom stereocenters. The van der Waals surface area contributed by atoms with Crippen LogP contribution in [-0.2, 0) is 20.9 Å². The Bertz CT molecular complexity index is 428. The number of hydrogen-bond donors (Lipinski definition) is 1.